The molecule has 2 aromatic rings. The lowest BCUT2D eigenvalue weighted by atomic mass is 9.84. The zero-order valence-electron chi connectivity index (χ0n) is 11.5. The number of nitrogens with zero attached hydrogens (tertiary/aromatic N) is 2. The van der Waals surface area contributed by atoms with Crippen LogP contribution in [0, 0.1) is 5.92 Å². The molecule has 4 nitrogen and oxygen atoms in total. The highest BCUT2D eigenvalue weighted by Crippen LogP contribution is 2.27. The highest BCUT2D eigenvalue weighted by Gasteiger charge is 2.34. The van der Waals surface area contributed by atoms with Gasteiger partial charge in [0, 0.05) is 30.5 Å². The van der Waals surface area contributed by atoms with Crippen molar-refractivity contribution in [3.05, 3.63) is 42.2 Å². The maximum atomic E-state index is 12.4. The van der Waals surface area contributed by atoms with Crippen LogP contribution in [0.15, 0.2) is 36.7 Å². The van der Waals surface area contributed by atoms with Gasteiger partial charge in [0.15, 0.2) is 0 Å². The number of carbonyl (C=O) groups excluding carboxylic acids is 1. The molecule has 0 saturated carbocycles. The van der Waals surface area contributed by atoms with E-state index in [1.807, 2.05) is 41.1 Å². The van der Waals surface area contributed by atoms with Gasteiger partial charge in [-0.3, -0.25) is 4.79 Å². The fourth-order valence-electron chi connectivity index (χ4n) is 3.56. The number of nitrogens with one attached hydrogen (secondary N) is 1. The van der Waals surface area contributed by atoms with Gasteiger partial charge in [0.05, 0.1) is 5.56 Å². The van der Waals surface area contributed by atoms with Crippen molar-refractivity contribution in [2.45, 2.75) is 18.9 Å². The molecule has 3 fully saturated rings. The molecule has 104 valence electrons. The van der Waals surface area contributed by atoms with Crippen molar-refractivity contribution < 1.29 is 4.79 Å². The van der Waals surface area contributed by atoms with Gasteiger partial charge in [-0.05, 0) is 50.0 Å². The molecule has 0 aliphatic carbocycles. The number of aromatic nitrogens is 1. The smallest absolute Gasteiger partial charge is 0.253 e. The van der Waals surface area contributed by atoms with E-state index in [1.54, 1.807) is 0 Å². The Hall–Kier alpha value is -1.81. The summed E-state index contributed by atoms with van der Waals surface area (Å²) >= 11 is 0. The zero-order chi connectivity index (χ0) is 13.5. The first-order valence-electron chi connectivity index (χ1n) is 7.39. The van der Waals surface area contributed by atoms with Gasteiger partial charge < -0.3 is 14.6 Å². The van der Waals surface area contributed by atoms with E-state index < -0.39 is 0 Å². The first kappa shape index (κ1) is 12.0. The molecule has 5 rings (SSSR count). The van der Waals surface area contributed by atoms with Crippen molar-refractivity contribution in [2.24, 2.45) is 5.92 Å². The molecule has 2 aromatic heterocycles. The predicted octanol–water partition coefficient (Wildman–Crippen LogP) is 1.76. The van der Waals surface area contributed by atoms with Crippen molar-refractivity contribution in [1.82, 2.24) is 14.6 Å². The summed E-state index contributed by atoms with van der Waals surface area (Å²) in [6.07, 6.45) is 6.33. The number of rotatable bonds is 2. The molecule has 4 heteroatoms. The fourth-order valence-corrected chi connectivity index (χ4v) is 3.56. The van der Waals surface area contributed by atoms with Gasteiger partial charge in [-0.25, -0.2) is 0 Å². The van der Waals surface area contributed by atoms with Crippen LogP contribution in [-0.4, -0.2) is 40.9 Å². The fraction of sp³-hybridized carbons (Fsp3) is 0.438. The molecule has 1 atom stereocenters. The molecule has 0 radical (unpaired) electrons. The Morgan fingerprint density at radius 1 is 1.25 bits per heavy atom. The Balaban J connectivity index is 1.52. The topological polar surface area (TPSA) is 36.8 Å². The Bertz CT molecular complexity index is 607. The van der Waals surface area contributed by atoms with Crippen molar-refractivity contribution in [1.29, 1.82) is 0 Å². The third kappa shape index (κ3) is 2.00. The SMILES string of the molecule is O=C(N[C@H]1CN2CCC1CC2)c1cc2ccccn2c1. The third-order valence-corrected chi connectivity index (χ3v) is 4.74. The largest absolute Gasteiger partial charge is 0.348 e. The van der Waals surface area contributed by atoms with Crippen LogP contribution in [0.2, 0.25) is 0 Å². The minimum Gasteiger partial charge on any atom is -0.348 e. The summed E-state index contributed by atoms with van der Waals surface area (Å²) in [7, 11) is 0. The number of amides is 1. The molecule has 0 spiro atoms. The monoisotopic (exact) mass is 269 g/mol. The zero-order valence-corrected chi connectivity index (χ0v) is 11.5. The Morgan fingerprint density at radius 3 is 2.80 bits per heavy atom. The minimum atomic E-state index is 0.0625. The highest BCUT2D eigenvalue weighted by molar-refractivity contribution is 5.95. The second-order valence-corrected chi connectivity index (χ2v) is 5.98. The quantitative estimate of drug-likeness (QED) is 0.902. The van der Waals surface area contributed by atoms with Crippen molar-refractivity contribution in [3.8, 4) is 0 Å². The Kier molecular flexibility index (Phi) is 2.77. The highest BCUT2D eigenvalue weighted by atomic mass is 16.1. The predicted molar refractivity (Wildman–Crippen MR) is 77.8 cm³/mol. The van der Waals surface area contributed by atoms with Crippen LogP contribution in [0.5, 0.6) is 0 Å². The van der Waals surface area contributed by atoms with Gasteiger partial charge in [0.2, 0.25) is 0 Å². The molecule has 5 heterocycles. The molecule has 3 aliphatic rings. The van der Waals surface area contributed by atoms with Crippen LogP contribution >= 0.6 is 0 Å². The molecule has 0 aromatic carbocycles. The van der Waals surface area contributed by atoms with Crippen LogP contribution in [-0.2, 0) is 0 Å². The van der Waals surface area contributed by atoms with Crippen LogP contribution in [0.3, 0.4) is 0 Å². The van der Waals surface area contributed by atoms with E-state index in [2.05, 4.69) is 10.2 Å². The number of pyridine rings is 1. The summed E-state index contributed by atoms with van der Waals surface area (Å²) < 4.78 is 1.99. The average Bonchev–Trinajstić information content (AvgIpc) is 2.92. The van der Waals surface area contributed by atoms with E-state index in [4.69, 9.17) is 0 Å². The lowest BCUT2D eigenvalue weighted by Gasteiger charge is -2.44. The molecular formula is C16H19N3O. The van der Waals surface area contributed by atoms with Crippen LogP contribution in [0.4, 0.5) is 0 Å². The van der Waals surface area contributed by atoms with Gasteiger partial charge >= 0.3 is 0 Å². The normalized spacial score (nSPS) is 28.7. The second kappa shape index (κ2) is 4.63. The van der Waals surface area contributed by atoms with E-state index in [9.17, 15) is 4.79 Å². The van der Waals surface area contributed by atoms with E-state index in [1.165, 1.54) is 25.9 Å². The Labute approximate surface area is 118 Å². The molecular weight excluding hydrogens is 250 g/mol. The number of hydrogen-bond acceptors (Lipinski definition) is 2. The van der Waals surface area contributed by atoms with Gasteiger partial charge in [-0.1, -0.05) is 6.07 Å². The van der Waals surface area contributed by atoms with Crippen LogP contribution in [0.1, 0.15) is 23.2 Å². The van der Waals surface area contributed by atoms with Crippen LogP contribution < -0.4 is 5.32 Å². The lowest BCUT2D eigenvalue weighted by molar-refractivity contribution is 0.0620. The lowest BCUT2D eigenvalue weighted by Crippen LogP contribution is -2.57. The second-order valence-electron chi connectivity index (χ2n) is 5.98. The third-order valence-electron chi connectivity index (χ3n) is 4.74. The standard InChI is InChI=1S/C16H19N3O/c20-16(13-9-14-3-1-2-6-19(14)10-13)17-15-11-18-7-4-12(15)5-8-18/h1-3,6,9-10,12,15H,4-5,7-8,11H2,(H,17,20)/t15-/m0/s1. The molecule has 3 saturated heterocycles. The van der Waals surface area contributed by atoms with Gasteiger partial charge in [-0.2, -0.15) is 0 Å². The van der Waals surface area contributed by atoms with Crippen molar-refractivity contribution in [3.63, 3.8) is 0 Å². The molecule has 1 amide bonds. The van der Waals surface area contributed by atoms with Gasteiger partial charge in [-0.15, -0.1) is 0 Å². The maximum absolute atomic E-state index is 12.4. The summed E-state index contributed by atoms with van der Waals surface area (Å²) in [5.74, 6) is 0.730. The van der Waals surface area contributed by atoms with E-state index in [0.717, 1.165) is 17.6 Å². The summed E-state index contributed by atoms with van der Waals surface area (Å²) in [5.41, 5.74) is 1.82. The molecule has 3 aliphatic heterocycles. The van der Waals surface area contributed by atoms with Crippen molar-refractivity contribution in [2.75, 3.05) is 19.6 Å². The Morgan fingerprint density at radius 2 is 2.10 bits per heavy atom. The van der Waals surface area contributed by atoms with Gasteiger partial charge in [0.1, 0.15) is 0 Å². The molecule has 20 heavy (non-hydrogen) atoms. The molecule has 2 bridgehead atoms. The number of fused-ring (bicyclic) bond motifs is 4. The molecule has 1 N–H and O–H groups in total. The summed E-state index contributed by atoms with van der Waals surface area (Å²) in [6.45, 7) is 3.42. The number of hydrogen-bond donors (Lipinski definition) is 1. The van der Waals surface area contributed by atoms with E-state index >= 15 is 0 Å². The summed E-state index contributed by atoms with van der Waals surface area (Å²) in [6, 6.07) is 8.27. The minimum absolute atomic E-state index is 0.0625. The number of carbonyl (C=O) groups is 1. The van der Waals surface area contributed by atoms with E-state index in [0.29, 0.717) is 12.0 Å². The molecule has 0 unspecified atom stereocenters. The number of piperidine rings is 3. The van der Waals surface area contributed by atoms with E-state index in [-0.39, 0.29) is 5.91 Å². The first-order chi connectivity index (χ1) is 9.79. The maximum Gasteiger partial charge on any atom is 0.253 e. The summed E-state index contributed by atoms with van der Waals surface area (Å²) in [4.78, 5) is 14.9. The van der Waals surface area contributed by atoms with Gasteiger partial charge in [0.25, 0.3) is 5.91 Å². The van der Waals surface area contributed by atoms with Crippen molar-refractivity contribution >= 4 is 11.4 Å². The summed E-state index contributed by atoms with van der Waals surface area (Å²) in [5, 5.41) is 3.23. The average molecular weight is 269 g/mol. The van der Waals surface area contributed by atoms with Crippen LogP contribution in [0.25, 0.3) is 5.52 Å². The first-order valence-corrected chi connectivity index (χ1v) is 7.39.